The van der Waals surface area contributed by atoms with E-state index in [0.29, 0.717) is 5.92 Å². The lowest BCUT2D eigenvalue weighted by atomic mass is 9.97. The van der Waals surface area contributed by atoms with Crippen molar-refractivity contribution in [3.05, 3.63) is 16.7 Å². The van der Waals surface area contributed by atoms with E-state index in [1.54, 1.807) is 0 Å². The Morgan fingerprint density at radius 2 is 2.06 bits per heavy atom. The Kier molecular flexibility index (Phi) is 2.90. The molecule has 0 bridgehead atoms. The van der Waals surface area contributed by atoms with Crippen molar-refractivity contribution in [2.75, 3.05) is 13.1 Å². The standard InChI is InChI=1S/C12H18ClN3/c13-11-10-3-1-2-8-16(10)12(15-11)9-4-6-14-7-5-9/h9,14H,1-8H2. The highest BCUT2D eigenvalue weighted by Gasteiger charge is 2.25. The van der Waals surface area contributed by atoms with E-state index < -0.39 is 0 Å². The van der Waals surface area contributed by atoms with Crippen LogP contribution in [0, 0.1) is 0 Å². The summed E-state index contributed by atoms with van der Waals surface area (Å²) in [4.78, 5) is 4.62. The smallest absolute Gasteiger partial charge is 0.150 e. The molecule has 0 spiro atoms. The average molecular weight is 240 g/mol. The van der Waals surface area contributed by atoms with Gasteiger partial charge in [0.1, 0.15) is 5.82 Å². The molecule has 1 aromatic rings. The minimum atomic E-state index is 0.616. The maximum absolute atomic E-state index is 6.23. The molecule has 0 aromatic carbocycles. The van der Waals surface area contributed by atoms with Gasteiger partial charge in [-0.3, -0.25) is 0 Å². The summed E-state index contributed by atoms with van der Waals surface area (Å²) >= 11 is 6.23. The fraction of sp³-hybridized carbons (Fsp3) is 0.750. The summed E-state index contributed by atoms with van der Waals surface area (Å²) in [5, 5.41) is 4.16. The van der Waals surface area contributed by atoms with Crippen molar-refractivity contribution in [1.82, 2.24) is 14.9 Å². The molecule has 1 aromatic heterocycles. The van der Waals surface area contributed by atoms with E-state index >= 15 is 0 Å². The van der Waals surface area contributed by atoms with Gasteiger partial charge in [-0.15, -0.1) is 0 Å². The number of nitrogens with one attached hydrogen (secondary N) is 1. The van der Waals surface area contributed by atoms with Gasteiger partial charge in [0.25, 0.3) is 0 Å². The molecule has 4 heteroatoms. The van der Waals surface area contributed by atoms with E-state index in [-0.39, 0.29) is 0 Å². The monoisotopic (exact) mass is 239 g/mol. The van der Waals surface area contributed by atoms with E-state index in [0.717, 1.165) is 31.2 Å². The number of hydrogen-bond acceptors (Lipinski definition) is 2. The van der Waals surface area contributed by atoms with Crippen LogP contribution < -0.4 is 5.32 Å². The van der Waals surface area contributed by atoms with Crippen LogP contribution in [0.3, 0.4) is 0 Å². The van der Waals surface area contributed by atoms with Crippen molar-refractivity contribution in [3.8, 4) is 0 Å². The first-order valence-electron chi connectivity index (χ1n) is 6.32. The zero-order chi connectivity index (χ0) is 11.0. The Morgan fingerprint density at radius 3 is 2.88 bits per heavy atom. The molecule has 16 heavy (non-hydrogen) atoms. The lowest BCUT2D eigenvalue weighted by Crippen LogP contribution is -2.28. The van der Waals surface area contributed by atoms with Crippen molar-refractivity contribution < 1.29 is 0 Å². The van der Waals surface area contributed by atoms with Crippen molar-refractivity contribution in [3.63, 3.8) is 0 Å². The SMILES string of the molecule is Clc1nc(C2CCNCC2)n2c1CCCC2. The fourth-order valence-electron chi connectivity index (χ4n) is 2.92. The number of hydrogen-bond donors (Lipinski definition) is 1. The Morgan fingerprint density at radius 1 is 1.25 bits per heavy atom. The van der Waals surface area contributed by atoms with Crippen LogP contribution in [0.5, 0.6) is 0 Å². The topological polar surface area (TPSA) is 29.9 Å². The van der Waals surface area contributed by atoms with Gasteiger partial charge in [-0.1, -0.05) is 11.6 Å². The first kappa shape index (κ1) is 10.6. The quantitative estimate of drug-likeness (QED) is 0.815. The number of rotatable bonds is 1. The van der Waals surface area contributed by atoms with Crippen molar-refractivity contribution >= 4 is 11.6 Å². The molecule has 88 valence electrons. The number of imidazole rings is 1. The van der Waals surface area contributed by atoms with E-state index in [1.807, 2.05) is 0 Å². The van der Waals surface area contributed by atoms with Crippen LogP contribution in [-0.4, -0.2) is 22.6 Å². The highest BCUT2D eigenvalue weighted by molar-refractivity contribution is 6.30. The van der Waals surface area contributed by atoms with E-state index in [1.165, 1.54) is 37.2 Å². The van der Waals surface area contributed by atoms with Crippen LogP contribution >= 0.6 is 11.6 Å². The molecule has 0 amide bonds. The lowest BCUT2D eigenvalue weighted by molar-refractivity contribution is 0.416. The molecular weight excluding hydrogens is 222 g/mol. The van der Waals surface area contributed by atoms with Gasteiger partial charge in [0.05, 0.1) is 5.69 Å². The van der Waals surface area contributed by atoms with Gasteiger partial charge >= 0.3 is 0 Å². The number of fused-ring (bicyclic) bond motifs is 1. The van der Waals surface area contributed by atoms with E-state index in [2.05, 4.69) is 14.9 Å². The second kappa shape index (κ2) is 4.38. The lowest BCUT2D eigenvalue weighted by Gasteiger charge is -2.25. The predicted molar refractivity (Wildman–Crippen MR) is 65.0 cm³/mol. The van der Waals surface area contributed by atoms with Gasteiger partial charge < -0.3 is 9.88 Å². The highest BCUT2D eigenvalue weighted by atomic mass is 35.5. The Balaban J connectivity index is 1.93. The Bertz CT molecular complexity index is 380. The Labute approximate surface area is 101 Å². The molecule has 1 saturated heterocycles. The largest absolute Gasteiger partial charge is 0.330 e. The van der Waals surface area contributed by atoms with Gasteiger partial charge in [0, 0.05) is 12.5 Å². The van der Waals surface area contributed by atoms with Crippen LogP contribution in [0.2, 0.25) is 5.15 Å². The van der Waals surface area contributed by atoms with Crippen LogP contribution in [0.1, 0.15) is 43.1 Å². The molecule has 0 atom stereocenters. The molecule has 0 aliphatic carbocycles. The minimum Gasteiger partial charge on any atom is -0.330 e. The van der Waals surface area contributed by atoms with Crippen LogP contribution in [0.15, 0.2) is 0 Å². The summed E-state index contributed by atoms with van der Waals surface area (Å²) in [5.41, 5.74) is 1.28. The normalized spacial score (nSPS) is 22.1. The van der Waals surface area contributed by atoms with Gasteiger partial charge in [0.15, 0.2) is 5.15 Å². The maximum atomic E-state index is 6.23. The van der Waals surface area contributed by atoms with E-state index in [4.69, 9.17) is 11.6 Å². The summed E-state index contributed by atoms with van der Waals surface area (Å²) in [5.74, 6) is 1.87. The van der Waals surface area contributed by atoms with Crippen molar-refractivity contribution in [1.29, 1.82) is 0 Å². The third-order valence-corrected chi connectivity index (χ3v) is 4.11. The number of piperidine rings is 1. The predicted octanol–water partition coefficient (Wildman–Crippen LogP) is 2.34. The van der Waals surface area contributed by atoms with Crippen LogP contribution in [-0.2, 0) is 13.0 Å². The van der Waals surface area contributed by atoms with Gasteiger partial charge in [-0.2, -0.15) is 0 Å². The van der Waals surface area contributed by atoms with Crippen molar-refractivity contribution in [2.24, 2.45) is 0 Å². The first-order valence-corrected chi connectivity index (χ1v) is 6.69. The molecule has 2 aliphatic rings. The molecule has 0 radical (unpaired) electrons. The van der Waals surface area contributed by atoms with Gasteiger partial charge in [-0.25, -0.2) is 4.98 Å². The molecule has 3 nitrogen and oxygen atoms in total. The number of halogens is 1. The summed E-state index contributed by atoms with van der Waals surface area (Å²) in [6, 6.07) is 0. The zero-order valence-electron chi connectivity index (χ0n) is 9.51. The minimum absolute atomic E-state index is 0.616. The third-order valence-electron chi connectivity index (χ3n) is 3.80. The number of nitrogens with zero attached hydrogens (tertiary/aromatic N) is 2. The summed E-state index contributed by atoms with van der Waals surface area (Å²) < 4.78 is 2.39. The average Bonchev–Trinajstić information content (AvgIpc) is 2.69. The van der Waals surface area contributed by atoms with E-state index in [9.17, 15) is 0 Å². The van der Waals surface area contributed by atoms with Crippen molar-refractivity contribution in [2.45, 2.75) is 44.6 Å². The number of aromatic nitrogens is 2. The zero-order valence-corrected chi connectivity index (χ0v) is 10.3. The van der Waals surface area contributed by atoms with Gasteiger partial charge in [0.2, 0.25) is 0 Å². The summed E-state index contributed by atoms with van der Waals surface area (Å²) in [6.07, 6.45) is 6.05. The molecular formula is C12H18ClN3. The molecule has 2 aliphatic heterocycles. The molecule has 1 N–H and O–H groups in total. The second-order valence-corrected chi connectivity index (χ2v) is 5.20. The fourth-order valence-corrected chi connectivity index (χ4v) is 3.20. The first-order chi connectivity index (χ1) is 7.86. The second-order valence-electron chi connectivity index (χ2n) is 4.84. The third kappa shape index (κ3) is 1.76. The molecule has 3 heterocycles. The highest BCUT2D eigenvalue weighted by Crippen LogP contribution is 2.31. The van der Waals surface area contributed by atoms with Gasteiger partial charge in [-0.05, 0) is 45.2 Å². The maximum Gasteiger partial charge on any atom is 0.150 e. The molecule has 0 unspecified atom stereocenters. The van der Waals surface area contributed by atoms with Crippen LogP contribution in [0.25, 0.3) is 0 Å². The Hall–Kier alpha value is -0.540. The molecule has 3 rings (SSSR count). The molecule has 1 fully saturated rings. The molecule has 0 saturated carbocycles. The summed E-state index contributed by atoms with van der Waals surface area (Å²) in [6.45, 7) is 3.35. The van der Waals surface area contributed by atoms with Crippen LogP contribution in [0.4, 0.5) is 0 Å². The summed E-state index contributed by atoms with van der Waals surface area (Å²) in [7, 11) is 0.